The van der Waals surface area contributed by atoms with Crippen LogP contribution in [0.5, 0.6) is 0 Å². The Kier molecular flexibility index (Phi) is 4.81. The molecule has 74 valence electrons. The molecule has 0 aliphatic rings. The molecule has 0 aliphatic carbocycles. The zero-order chi connectivity index (χ0) is 10.2. The van der Waals surface area contributed by atoms with E-state index in [1.807, 2.05) is 13.0 Å². The molecule has 1 rings (SSSR count). The van der Waals surface area contributed by atoms with Crippen molar-refractivity contribution in [2.45, 2.75) is 25.7 Å². The maximum absolute atomic E-state index is 10.9. The van der Waals surface area contributed by atoms with Gasteiger partial charge in [-0.15, -0.1) is 0 Å². The van der Waals surface area contributed by atoms with E-state index in [1.54, 1.807) is 13.8 Å². The molecule has 0 fully saturated rings. The summed E-state index contributed by atoms with van der Waals surface area (Å²) in [6.45, 7) is 5.29. The topological polar surface area (TPSA) is 54.4 Å². The van der Waals surface area contributed by atoms with Gasteiger partial charge in [-0.2, -0.15) is 8.42 Å². The molecular weight excluding hydrogens is 211 g/mol. The SMILES string of the molecule is Cc1cc(C)c(C)c(S(=O)(=O)O)c1.[NaH]. The van der Waals surface area contributed by atoms with E-state index < -0.39 is 10.1 Å². The van der Waals surface area contributed by atoms with E-state index in [-0.39, 0.29) is 34.5 Å². The Labute approximate surface area is 107 Å². The Morgan fingerprint density at radius 3 is 2.07 bits per heavy atom. The summed E-state index contributed by atoms with van der Waals surface area (Å²) in [5.41, 5.74) is 2.30. The normalized spacial score (nSPS) is 10.9. The molecule has 1 N–H and O–H groups in total. The molecule has 0 unspecified atom stereocenters. The van der Waals surface area contributed by atoms with Crippen LogP contribution < -0.4 is 0 Å². The molecule has 1 aromatic rings. The minimum atomic E-state index is -4.08. The van der Waals surface area contributed by atoms with Gasteiger partial charge in [-0.3, -0.25) is 4.55 Å². The van der Waals surface area contributed by atoms with Crippen molar-refractivity contribution in [1.82, 2.24) is 0 Å². The van der Waals surface area contributed by atoms with Crippen LogP contribution in [0.4, 0.5) is 0 Å². The van der Waals surface area contributed by atoms with Gasteiger partial charge in [-0.25, -0.2) is 0 Å². The van der Waals surface area contributed by atoms with E-state index in [2.05, 4.69) is 0 Å². The van der Waals surface area contributed by atoms with Crippen LogP contribution in [0, 0.1) is 20.8 Å². The summed E-state index contributed by atoms with van der Waals surface area (Å²) < 4.78 is 30.7. The third-order valence-electron chi connectivity index (χ3n) is 2.04. The fourth-order valence-electron chi connectivity index (χ4n) is 1.27. The molecule has 0 atom stereocenters. The number of hydrogen-bond donors (Lipinski definition) is 1. The zero-order valence-electron chi connectivity index (χ0n) is 7.83. The Morgan fingerprint density at radius 2 is 1.64 bits per heavy atom. The fraction of sp³-hybridized carbons (Fsp3) is 0.333. The average molecular weight is 224 g/mol. The van der Waals surface area contributed by atoms with Crippen molar-refractivity contribution in [1.29, 1.82) is 0 Å². The van der Waals surface area contributed by atoms with Crippen LogP contribution in [0.15, 0.2) is 17.0 Å². The van der Waals surface area contributed by atoms with Crippen molar-refractivity contribution >= 4 is 39.7 Å². The molecule has 0 aliphatic heterocycles. The molecule has 1 aromatic carbocycles. The second kappa shape index (κ2) is 4.77. The predicted molar refractivity (Wildman–Crippen MR) is 57.6 cm³/mol. The Hall–Kier alpha value is 0.130. The predicted octanol–water partition coefficient (Wildman–Crippen LogP) is 1.21. The van der Waals surface area contributed by atoms with E-state index in [1.165, 1.54) is 6.07 Å². The van der Waals surface area contributed by atoms with Crippen molar-refractivity contribution in [3.8, 4) is 0 Å². The van der Waals surface area contributed by atoms with E-state index in [9.17, 15) is 8.42 Å². The van der Waals surface area contributed by atoms with Gasteiger partial charge in [-0.05, 0) is 43.5 Å². The number of aryl methyl sites for hydroxylation is 2. The zero-order valence-corrected chi connectivity index (χ0v) is 8.64. The molecule has 0 saturated heterocycles. The van der Waals surface area contributed by atoms with Gasteiger partial charge in [0.2, 0.25) is 0 Å². The van der Waals surface area contributed by atoms with E-state index in [0.29, 0.717) is 5.56 Å². The number of rotatable bonds is 1. The van der Waals surface area contributed by atoms with Crippen molar-refractivity contribution in [3.05, 3.63) is 28.8 Å². The monoisotopic (exact) mass is 224 g/mol. The summed E-state index contributed by atoms with van der Waals surface area (Å²) in [4.78, 5) is 0.00463. The van der Waals surface area contributed by atoms with E-state index >= 15 is 0 Å². The second-order valence-electron chi connectivity index (χ2n) is 3.18. The minimum absolute atomic E-state index is 0. The number of benzene rings is 1. The molecule has 0 spiro atoms. The molecule has 0 saturated carbocycles. The first-order chi connectivity index (χ1) is 5.82. The molecule has 14 heavy (non-hydrogen) atoms. The number of hydrogen-bond acceptors (Lipinski definition) is 2. The van der Waals surface area contributed by atoms with Gasteiger partial charge in [-0.1, -0.05) is 6.07 Å². The maximum atomic E-state index is 10.9. The first-order valence-corrected chi connectivity index (χ1v) is 5.31. The molecular formula is C9H13NaO3S. The van der Waals surface area contributed by atoms with Crippen molar-refractivity contribution in [2.24, 2.45) is 0 Å². The third kappa shape index (κ3) is 3.07. The van der Waals surface area contributed by atoms with Crippen molar-refractivity contribution < 1.29 is 13.0 Å². The quantitative estimate of drug-likeness (QED) is 0.576. The fourth-order valence-corrected chi connectivity index (χ4v) is 2.15. The Morgan fingerprint density at radius 1 is 1.14 bits per heavy atom. The van der Waals surface area contributed by atoms with Crippen LogP contribution >= 0.6 is 0 Å². The van der Waals surface area contributed by atoms with Gasteiger partial charge >= 0.3 is 29.6 Å². The van der Waals surface area contributed by atoms with Crippen molar-refractivity contribution in [3.63, 3.8) is 0 Å². The molecule has 5 heteroatoms. The standard InChI is InChI=1S/C9H12O3S.Na.H/c1-6-4-7(2)8(3)9(5-6)13(10,11)12;;/h4-5H,1-3H3,(H,10,11,12);;. The van der Waals surface area contributed by atoms with Crippen LogP contribution in [0.3, 0.4) is 0 Å². The second-order valence-corrected chi connectivity index (χ2v) is 4.57. The van der Waals surface area contributed by atoms with Crippen LogP contribution in [0.25, 0.3) is 0 Å². The molecule has 0 heterocycles. The van der Waals surface area contributed by atoms with E-state index in [4.69, 9.17) is 4.55 Å². The van der Waals surface area contributed by atoms with Crippen LogP contribution in [0.2, 0.25) is 0 Å². The molecule has 0 bridgehead atoms. The van der Waals surface area contributed by atoms with Crippen LogP contribution in [-0.2, 0) is 10.1 Å². The summed E-state index contributed by atoms with van der Waals surface area (Å²) in [7, 11) is -4.08. The Bertz CT molecular complexity index is 438. The molecule has 0 radical (unpaired) electrons. The summed E-state index contributed by atoms with van der Waals surface area (Å²) in [5, 5.41) is 0. The van der Waals surface area contributed by atoms with Gasteiger partial charge in [0.1, 0.15) is 0 Å². The van der Waals surface area contributed by atoms with Gasteiger partial charge in [0.05, 0.1) is 4.90 Å². The summed E-state index contributed by atoms with van der Waals surface area (Å²) in [6.07, 6.45) is 0. The molecule has 0 aromatic heterocycles. The van der Waals surface area contributed by atoms with Gasteiger partial charge in [0, 0.05) is 0 Å². The molecule has 3 nitrogen and oxygen atoms in total. The third-order valence-corrected chi connectivity index (χ3v) is 3.02. The van der Waals surface area contributed by atoms with Gasteiger partial charge in [0.15, 0.2) is 0 Å². The average Bonchev–Trinajstić information content (AvgIpc) is 1.94. The van der Waals surface area contributed by atoms with Gasteiger partial charge < -0.3 is 0 Å². The first-order valence-electron chi connectivity index (χ1n) is 3.87. The van der Waals surface area contributed by atoms with Crippen molar-refractivity contribution in [2.75, 3.05) is 0 Å². The van der Waals surface area contributed by atoms with Crippen LogP contribution in [-0.4, -0.2) is 42.5 Å². The first kappa shape index (κ1) is 14.1. The summed E-state index contributed by atoms with van der Waals surface area (Å²) >= 11 is 0. The summed E-state index contributed by atoms with van der Waals surface area (Å²) in [5.74, 6) is 0. The molecule has 0 amide bonds. The van der Waals surface area contributed by atoms with Crippen LogP contribution in [0.1, 0.15) is 16.7 Å². The Balaban J connectivity index is 0.00000169. The summed E-state index contributed by atoms with van der Waals surface area (Å²) in [6, 6.07) is 3.35. The van der Waals surface area contributed by atoms with Gasteiger partial charge in [0.25, 0.3) is 10.1 Å². The van der Waals surface area contributed by atoms with E-state index in [0.717, 1.165) is 11.1 Å².